The normalized spacial score (nSPS) is 19.8. The molecule has 5 heteroatoms. The highest BCUT2D eigenvalue weighted by Gasteiger charge is 2.49. The average molecular weight is 316 g/mol. The summed E-state index contributed by atoms with van der Waals surface area (Å²) in [5, 5.41) is 2.66. The van der Waals surface area contributed by atoms with Crippen molar-refractivity contribution >= 4 is 17.2 Å². The number of aromatic nitrogens is 1. The van der Waals surface area contributed by atoms with Gasteiger partial charge in [0, 0.05) is 24.4 Å². The maximum atomic E-state index is 12.7. The van der Waals surface area contributed by atoms with Gasteiger partial charge in [-0.2, -0.15) is 0 Å². The molecule has 0 aliphatic carbocycles. The van der Waals surface area contributed by atoms with Gasteiger partial charge in [0.2, 0.25) is 0 Å². The highest BCUT2D eigenvalue weighted by molar-refractivity contribution is 7.09. The summed E-state index contributed by atoms with van der Waals surface area (Å²) in [4.78, 5) is 19.0. The Kier molecular flexibility index (Phi) is 4.02. The van der Waals surface area contributed by atoms with Crippen LogP contribution in [0, 0.1) is 5.41 Å². The van der Waals surface area contributed by atoms with E-state index in [1.165, 1.54) is 16.9 Å². The first-order valence-electron chi connectivity index (χ1n) is 7.32. The molecule has 0 spiro atoms. The van der Waals surface area contributed by atoms with E-state index in [0.29, 0.717) is 12.3 Å². The highest BCUT2D eigenvalue weighted by atomic mass is 32.1. The van der Waals surface area contributed by atoms with E-state index >= 15 is 0 Å². The molecule has 2 aromatic rings. The standard InChI is InChI=1S/C17H20N2O2S/c1-17(2)11-19(15(17)12-7-5-4-6-8-12)16(20)13-10-22-14(18-13)9-21-3/h4-8,10,15H,9,11H2,1-3H3. The van der Waals surface area contributed by atoms with Crippen LogP contribution in [0.2, 0.25) is 0 Å². The fourth-order valence-corrected chi connectivity index (χ4v) is 3.87. The highest BCUT2D eigenvalue weighted by Crippen LogP contribution is 2.48. The third-order valence-electron chi connectivity index (χ3n) is 4.04. The third kappa shape index (κ3) is 2.66. The number of carbonyl (C=O) groups is 1. The summed E-state index contributed by atoms with van der Waals surface area (Å²) in [7, 11) is 1.63. The van der Waals surface area contributed by atoms with Crippen molar-refractivity contribution in [2.75, 3.05) is 13.7 Å². The first kappa shape index (κ1) is 15.2. The molecule has 1 aromatic heterocycles. The molecule has 0 bridgehead atoms. The second kappa shape index (κ2) is 5.82. The van der Waals surface area contributed by atoms with Crippen molar-refractivity contribution in [1.29, 1.82) is 0 Å². The quantitative estimate of drug-likeness (QED) is 0.867. The molecule has 0 saturated carbocycles. The Bertz CT molecular complexity index is 666. The fraction of sp³-hybridized carbons (Fsp3) is 0.412. The van der Waals surface area contributed by atoms with Crippen LogP contribution in [0.1, 0.15) is 40.9 Å². The number of likely N-dealkylation sites (tertiary alicyclic amines) is 1. The molecule has 1 saturated heterocycles. The molecular weight excluding hydrogens is 296 g/mol. The van der Waals surface area contributed by atoms with Crippen molar-refractivity contribution in [3.63, 3.8) is 0 Å². The van der Waals surface area contributed by atoms with Gasteiger partial charge in [-0.15, -0.1) is 11.3 Å². The van der Waals surface area contributed by atoms with E-state index in [2.05, 4.69) is 31.0 Å². The topological polar surface area (TPSA) is 42.4 Å². The van der Waals surface area contributed by atoms with Gasteiger partial charge < -0.3 is 9.64 Å². The van der Waals surface area contributed by atoms with Crippen LogP contribution in [-0.4, -0.2) is 29.4 Å². The predicted octanol–water partition coefficient (Wildman–Crippen LogP) is 3.51. The SMILES string of the molecule is COCc1nc(C(=O)N2CC(C)(C)C2c2ccccc2)cs1. The van der Waals surface area contributed by atoms with Crippen LogP contribution in [0.5, 0.6) is 0 Å². The van der Waals surface area contributed by atoms with Crippen molar-refractivity contribution < 1.29 is 9.53 Å². The number of hydrogen-bond acceptors (Lipinski definition) is 4. The van der Waals surface area contributed by atoms with Crippen LogP contribution >= 0.6 is 11.3 Å². The minimum Gasteiger partial charge on any atom is -0.378 e. The van der Waals surface area contributed by atoms with Crippen LogP contribution in [0.4, 0.5) is 0 Å². The van der Waals surface area contributed by atoms with Crippen LogP contribution in [-0.2, 0) is 11.3 Å². The molecule has 1 aliphatic rings. The second-order valence-corrected chi connectivity index (χ2v) is 7.24. The first-order valence-corrected chi connectivity index (χ1v) is 8.20. The Labute approximate surface area is 134 Å². The summed E-state index contributed by atoms with van der Waals surface area (Å²) in [5.41, 5.74) is 1.79. The lowest BCUT2D eigenvalue weighted by atomic mass is 9.71. The minimum absolute atomic E-state index is 0.00628. The molecule has 1 unspecified atom stereocenters. The van der Waals surface area contributed by atoms with E-state index in [0.717, 1.165) is 11.6 Å². The molecule has 4 nitrogen and oxygen atoms in total. The summed E-state index contributed by atoms with van der Waals surface area (Å²) in [6.45, 7) is 5.60. The maximum absolute atomic E-state index is 12.7. The molecule has 2 heterocycles. The summed E-state index contributed by atoms with van der Waals surface area (Å²) in [5.74, 6) is 0.00628. The zero-order valence-electron chi connectivity index (χ0n) is 13.1. The van der Waals surface area contributed by atoms with E-state index < -0.39 is 0 Å². The molecule has 3 rings (SSSR count). The number of thiazole rings is 1. The Morgan fingerprint density at radius 1 is 1.41 bits per heavy atom. The number of methoxy groups -OCH3 is 1. The first-order chi connectivity index (χ1) is 10.5. The van der Waals surface area contributed by atoms with Crippen LogP contribution < -0.4 is 0 Å². The van der Waals surface area contributed by atoms with Crippen molar-refractivity contribution in [3.05, 3.63) is 52.0 Å². The summed E-state index contributed by atoms with van der Waals surface area (Å²) >= 11 is 1.47. The number of benzene rings is 1. The van der Waals surface area contributed by atoms with E-state index in [1.54, 1.807) is 7.11 Å². The number of rotatable bonds is 4. The summed E-state index contributed by atoms with van der Waals surface area (Å²) in [6, 6.07) is 10.3. The van der Waals surface area contributed by atoms with E-state index in [-0.39, 0.29) is 17.4 Å². The van der Waals surface area contributed by atoms with Crippen molar-refractivity contribution in [3.8, 4) is 0 Å². The molecule has 22 heavy (non-hydrogen) atoms. The molecule has 1 atom stereocenters. The Morgan fingerprint density at radius 3 is 2.77 bits per heavy atom. The lowest BCUT2D eigenvalue weighted by Crippen LogP contribution is -2.57. The van der Waals surface area contributed by atoms with Gasteiger partial charge in [0.25, 0.3) is 5.91 Å². The molecule has 116 valence electrons. The zero-order valence-corrected chi connectivity index (χ0v) is 13.9. The number of amides is 1. The predicted molar refractivity (Wildman–Crippen MR) is 86.8 cm³/mol. The van der Waals surface area contributed by atoms with Crippen molar-refractivity contribution in [2.45, 2.75) is 26.5 Å². The van der Waals surface area contributed by atoms with Gasteiger partial charge in [0.1, 0.15) is 10.7 Å². The van der Waals surface area contributed by atoms with Gasteiger partial charge in [0.05, 0.1) is 12.6 Å². The molecule has 1 fully saturated rings. The smallest absolute Gasteiger partial charge is 0.273 e. The fourth-order valence-electron chi connectivity index (χ4n) is 3.13. The summed E-state index contributed by atoms with van der Waals surface area (Å²) < 4.78 is 5.07. The van der Waals surface area contributed by atoms with Gasteiger partial charge in [-0.1, -0.05) is 44.2 Å². The number of nitrogens with zero attached hydrogens (tertiary/aromatic N) is 2. The van der Waals surface area contributed by atoms with Gasteiger partial charge in [-0.3, -0.25) is 4.79 Å². The van der Waals surface area contributed by atoms with Gasteiger partial charge >= 0.3 is 0 Å². The third-order valence-corrected chi connectivity index (χ3v) is 4.87. The van der Waals surface area contributed by atoms with Crippen LogP contribution in [0.15, 0.2) is 35.7 Å². The maximum Gasteiger partial charge on any atom is 0.273 e. The monoisotopic (exact) mass is 316 g/mol. The van der Waals surface area contributed by atoms with Crippen molar-refractivity contribution in [2.24, 2.45) is 5.41 Å². The van der Waals surface area contributed by atoms with Crippen LogP contribution in [0.3, 0.4) is 0 Å². The number of carbonyl (C=O) groups excluding carboxylic acids is 1. The second-order valence-electron chi connectivity index (χ2n) is 6.29. The van der Waals surface area contributed by atoms with Crippen LogP contribution in [0.25, 0.3) is 0 Å². The van der Waals surface area contributed by atoms with E-state index in [9.17, 15) is 4.79 Å². The molecular formula is C17H20N2O2S. The molecule has 1 aliphatic heterocycles. The molecule has 0 radical (unpaired) electrons. The van der Waals surface area contributed by atoms with Gasteiger partial charge in [-0.05, 0) is 5.56 Å². The van der Waals surface area contributed by atoms with E-state index in [1.807, 2.05) is 28.5 Å². The largest absolute Gasteiger partial charge is 0.378 e. The van der Waals surface area contributed by atoms with Gasteiger partial charge in [-0.25, -0.2) is 4.98 Å². The van der Waals surface area contributed by atoms with Crippen molar-refractivity contribution in [1.82, 2.24) is 9.88 Å². The lowest BCUT2D eigenvalue weighted by Gasteiger charge is -2.54. The number of hydrogen-bond donors (Lipinski definition) is 0. The lowest BCUT2D eigenvalue weighted by molar-refractivity contribution is -0.0326. The Morgan fingerprint density at radius 2 is 2.14 bits per heavy atom. The molecule has 0 N–H and O–H groups in total. The zero-order chi connectivity index (χ0) is 15.7. The van der Waals surface area contributed by atoms with E-state index in [4.69, 9.17) is 4.74 Å². The van der Waals surface area contributed by atoms with Gasteiger partial charge in [0.15, 0.2) is 0 Å². The minimum atomic E-state index is 0.00628. The number of ether oxygens (including phenoxy) is 1. The Hall–Kier alpha value is -1.72. The average Bonchev–Trinajstić information content (AvgIpc) is 2.94. The summed E-state index contributed by atoms with van der Waals surface area (Å²) in [6.07, 6.45) is 0. The Balaban J connectivity index is 1.83. The molecule has 1 amide bonds. The molecule has 1 aromatic carbocycles.